The summed E-state index contributed by atoms with van der Waals surface area (Å²) < 4.78 is 11.1. The van der Waals surface area contributed by atoms with Crippen LogP contribution in [0.5, 0.6) is 11.5 Å². The van der Waals surface area contributed by atoms with Gasteiger partial charge in [0, 0.05) is 28.5 Å². The molecular weight excluding hydrogens is 354 g/mol. The maximum absolute atomic E-state index is 13.1. The summed E-state index contributed by atoms with van der Waals surface area (Å²) in [5.74, 6) is -0.338. The van der Waals surface area contributed by atoms with Crippen molar-refractivity contribution in [2.75, 3.05) is 7.11 Å². The molecule has 1 amide bonds. The number of carbonyl (C=O) groups excluding carboxylic acids is 2. The van der Waals surface area contributed by atoms with Crippen molar-refractivity contribution in [3.63, 3.8) is 0 Å². The minimum Gasteiger partial charge on any atom is -0.497 e. The van der Waals surface area contributed by atoms with Crippen molar-refractivity contribution >= 4 is 23.3 Å². The molecule has 0 unspecified atom stereocenters. The molecule has 1 N–H and O–H groups in total. The van der Waals surface area contributed by atoms with E-state index in [1.165, 1.54) is 0 Å². The van der Waals surface area contributed by atoms with Crippen molar-refractivity contribution in [2.24, 2.45) is 5.92 Å². The topological polar surface area (TPSA) is 64.6 Å². The van der Waals surface area contributed by atoms with Crippen LogP contribution in [0.4, 0.5) is 0 Å². The first-order valence-electron chi connectivity index (χ1n) is 8.39. The van der Waals surface area contributed by atoms with Gasteiger partial charge in [-0.2, -0.15) is 0 Å². The number of hydrogen-bond donors (Lipinski definition) is 1. The fraction of sp³-hybridized carbons (Fsp3) is 0.300. The molecule has 134 valence electrons. The van der Waals surface area contributed by atoms with Gasteiger partial charge in [0.2, 0.25) is 5.91 Å². The van der Waals surface area contributed by atoms with Crippen molar-refractivity contribution < 1.29 is 19.1 Å². The molecule has 2 aliphatic rings. The van der Waals surface area contributed by atoms with Gasteiger partial charge >= 0.3 is 0 Å². The Hall–Kier alpha value is -2.53. The smallest absolute Gasteiger partial charge is 0.234 e. The molecule has 0 spiro atoms. The molecule has 2 heterocycles. The molecule has 5 nitrogen and oxygen atoms in total. The average molecular weight is 372 g/mol. The average Bonchev–Trinajstić information content (AvgIpc) is 2.61. The second-order valence-corrected chi connectivity index (χ2v) is 7.32. The zero-order valence-corrected chi connectivity index (χ0v) is 15.2. The standard InChI is InChI=1S/C20H18ClNO4/c1-20-10-15(14-9-12(21)5-8-16(14)26-20)17(19(24)22-20)18(23)11-3-6-13(25-2)7-4-11/h3-9,15,17H,10H2,1-2H3,(H,22,24)/t15-,17+,20+/m0/s1. The van der Waals surface area contributed by atoms with E-state index in [4.69, 9.17) is 21.1 Å². The van der Waals surface area contributed by atoms with E-state index in [0.29, 0.717) is 28.5 Å². The summed E-state index contributed by atoms with van der Waals surface area (Å²) >= 11 is 6.15. The second-order valence-electron chi connectivity index (χ2n) is 6.89. The minimum absolute atomic E-state index is 0.218. The summed E-state index contributed by atoms with van der Waals surface area (Å²) in [4.78, 5) is 25.9. The Morgan fingerprint density at radius 2 is 2.00 bits per heavy atom. The number of fused-ring (bicyclic) bond motifs is 4. The van der Waals surface area contributed by atoms with Crippen molar-refractivity contribution in [3.8, 4) is 11.5 Å². The molecule has 3 atom stereocenters. The third-order valence-corrected chi connectivity index (χ3v) is 5.28. The van der Waals surface area contributed by atoms with Crippen LogP contribution in [-0.2, 0) is 4.79 Å². The maximum atomic E-state index is 13.1. The summed E-state index contributed by atoms with van der Waals surface area (Å²) in [5.41, 5.74) is 0.459. The fourth-order valence-corrected chi connectivity index (χ4v) is 4.03. The number of benzene rings is 2. The van der Waals surface area contributed by atoms with Crippen molar-refractivity contribution in [1.29, 1.82) is 0 Å². The van der Waals surface area contributed by atoms with E-state index >= 15 is 0 Å². The molecule has 26 heavy (non-hydrogen) atoms. The zero-order chi connectivity index (χ0) is 18.5. The van der Waals surface area contributed by atoms with Gasteiger partial charge in [-0.3, -0.25) is 9.59 Å². The molecule has 6 heteroatoms. The monoisotopic (exact) mass is 371 g/mol. The van der Waals surface area contributed by atoms with Crippen LogP contribution in [0.15, 0.2) is 42.5 Å². The first-order chi connectivity index (χ1) is 12.4. The predicted octanol–water partition coefficient (Wildman–Crippen LogP) is 3.56. The van der Waals surface area contributed by atoms with Gasteiger partial charge in [-0.15, -0.1) is 0 Å². The number of nitrogens with one attached hydrogen (secondary N) is 1. The lowest BCUT2D eigenvalue weighted by Gasteiger charge is -2.46. The zero-order valence-electron chi connectivity index (χ0n) is 14.4. The molecule has 2 aliphatic heterocycles. The number of Topliss-reactive ketones (excluding diaryl/α,β-unsaturated/α-hetero) is 1. The highest BCUT2D eigenvalue weighted by atomic mass is 35.5. The largest absolute Gasteiger partial charge is 0.497 e. The molecule has 0 radical (unpaired) electrons. The Kier molecular flexibility index (Phi) is 3.92. The van der Waals surface area contributed by atoms with Crippen LogP contribution in [0.1, 0.15) is 35.2 Å². The molecule has 2 aromatic rings. The Morgan fingerprint density at radius 3 is 2.69 bits per heavy atom. The lowest BCUT2D eigenvalue weighted by atomic mass is 9.72. The van der Waals surface area contributed by atoms with Crippen LogP contribution in [0.3, 0.4) is 0 Å². The van der Waals surface area contributed by atoms with Gasteiger partial charge in [0.15, 0.2) is 11.5 Å². The number of methoxy groups -OCH3 is 1. The molecule has 1 saturated heterocycles. The normalized spacial score (nSPS) is 26.3. The quantitative estimate of drug-likeness (QED) is 0.661. The van der Waals surface area contributed by atoms with E-state index in [0.717, 1.165) is 5.56 Å². The summed E-state index contributed by atoms with van der Waals surface area (Å²) in [6.07, 6.45) is 0.513. The summed E-state index contributed by atoms with van der Waals surface area (Å²) in [7, 11) is 1.56. The number of carbonyl (C=O) groups is 2. The van der Waals surface area contributed by atoms with E-state index in [1.54, 1.807) is 49.6 Å². The molecule has 4 rings (SSSR count). The first-order valence-corrected chi connectivity index (χ1v) is 8.77. The summed E-state index contributed by atoms with van der Waals surface area (Å²) in [5, 5.41) is 3.42. The first kappa shape index (κ1) is 16.9. The predicted molar refractivity (Wildman–Crippen MR) is 96.8 cm³/mol. The Labute approximate surface area is 156 Å². The van der Waals surface area contributed by atoms with Crippen molar-refractivity contribution in [3.05, 3.63) is 58.6 Å². The number of hydrogen-bond acceptors (Lipinski definition) is 4. The third kappa shape index (κ3) is 2.72. The van der Waals surface area contributed by atoms with Crippen LogP contribution in [0.25, 0.3) is 0 Å². The highest BCUT2D eigenvalue weighted by Gasteiger charge is 2.51. The van der Waals surface area contributed by atoms with Crippen LogP contribution < -0.4 is 14.8 Å². The molecule has 2 aromatic carbocycles. The van der Waals surface area contributed by atoms with Gasteiger partial charge < -0.3 is 14.8 Å². The highest BCUT2D eigenvalue weighted by Crippen LogP contribution is 2.48. The SMILES string of the molecule is COc1ccc(C(=O)[C@@H]2C(=O)N[C@@]3(C)C[C@H]2c2cc(Cl)ccc2O3)cc1. The van der Waals surface area contributed by atoms with E-state index in [-0.39, 0.29) is 17.6 Å². The maximum Gasteiger partial charge on any atom is 0.234 e. The van der Waals surface area contributed by atoms with E-state index in [2.05, 4.69) is 5.32 Å². The van der Waals surface area contributed by atoms with E-state index in [9.17, 15) is 9.59 Å². The molecule has 2 bridgehead atoms. The van der Waals surface area contributed by atoms with Gasteiger partial charge in [0.1, 0.15) is 17.4 Å². The molecular formula is C20H18ClNO4. The van der Waals surface area contributed by atoms with Gasteiger partial charge in [-0.25, -0.2) is 0 Å². The van der Waals surface area contributed by atoms with E-state index < -0.39 is 11.6 Å². The number of amides is 1. The molecule has 0 aromatic heterocycles. The molecule has 0 aliphatic carbocycles. The van der Waals surface area contributed by atoms with Crippen LogP contribution in [-0.4, -0.2) is 24.5 Å². The van der Waals surface area contributed by atoms with Crippen LogP contribution in [0.2, 0.25) is 5.02 Å². The van der Waals surface area contributed by atoms with Crippen LogP contribution >= 0.6 is 11.6 Å². The Bertz CT molecular complexity index is 895. The molecule has 0 saturated carbocycles. The number of piperidine rings is 1. The number of rotatable bonds is 3. The third-order valence-electron chi connectivity index (χ3n) is 5.05. The second kappa shape index (κ2) is 6.02. The van der Waals surface area contributed by atoms with Gasteiger partial charge in [-0.05, 0) is 49.4 Å². The summed E-state index contributed by atoms with van der Waals surface area (Å²) in [6.45, 7) is 1.82. The Morgan fingerprint density at radius 1 is 1.27 bits per heavy atom. The fourth-order valence-electron chi connectivity index (χ4n) is 3.85. The molecule has 1 fully saturated rings. The Balaban J connectivity index is 1.76. The van der Waals surface area contributed by atoms with E-state index in [1.807, 2.05) is 6.92 Å². The van der Waals surface area contributed by atoms with Crippen LogP contribution in [0, 0.1) is 5.92 Å². The number of halogens is 1. The lowest BCUT2D eigenvalue weighted by Crippen LogP contribution is -2.61. The van der Waals surface area contributed by atoms with Gasteiger partial charge in [0.25, 0.3) is 0 Å². The van der Waals surface area contributed by atoms with Gasteiger partial charge in [0.05, 0.1) is 7.11 Å². The van der Waals surface area contributed by atoms with Crippen molar-refractivity contribution in [2.45, 2.75) is 25.0 Å². The minimum atomic E-state index is -0.822. The number of ketones is 1. The lowest BCUT2D eigenvalue weighted by molar-refractivity contribution is -0.137. The van der Waals surface area contributed by atoms with Gasteiger partial charge in [-0.1, -0.05) is 11.6 Å². The summed E-state index contributed by atoms with van der Waals surface area (Å²) in [6, 6.07) is 12.1. The number of ether oxygens (including phenoxy) is 2. The highest BCUT2D eigenvalue weighted by molar-refractivity contribution is 6.30. The van der Waals surface area contributed by atoms with Crippen molar-refractivity contribution in [1.82, 2.24) is 5.32 Å².